The maximum Gasteiger partial charge on any atom is 0.289 e. The van der Waals surface area contributed by atoms with E-state index in [1.807, 2.05) is 0 Å². The van der Waals surface area contributed by atoms with Crippen molar-refractivity contribution >= 4 is 29.4 Å². The number of nitrogens with one attached hydrogen (secondary N) is 4. The molecule has 10 heteroatoms. The van der Waals surface area contributed by atoms with Gasteiger partial charge in [-0.3, -0.25) is 24.0 Å². The van der Waals surface area contributed by atoms with Crippen LogP contribution in [-0.2, 0) is 25.6 Å². The molecule has 220 valence electrons. The molecule has 1 aliphatic rings. The van der Waals surface area contributed by atoms with Gasteiger partial charge in [0.1, 0.15) is 17.9 Å². The van der Waals surface area contributed by atoms with Crippen LogP contribution in [0.15, 0.2) is 54.6 Å². The van der Waals surface area contributed by atoms with E-state index in [1.54, 1.807) is 44.2 Å². The first-order chi connectivity index (χ1) is 19.5. The van der Waals surface area contributed by atoms with Crippen molar-refractivity contribution in [2.45, 2.75) is 83.5 Å². The van der Waals surface area contributed by atoms with Gasteiger partial charge >= 0.3 is 0 Å². The third-order valence-corrected chi connectivity index (χ3v) is 7.17. The molecule has 9 nitrogen and oxygen atoms in total. The van der Waals surface area contributed by atoms with E-state index in [1.165, 1.54) is 31.2 Å². The number of ketones is 1. The minimum atomic E-state index is -1.08. The van der Waals surface area contributed by atoms with Gasteiger partial charge < -0.3 is 21.3 Å². The van der Waals surface area contributed by atoms with Gasteiger partial charge in [0, 0.05) is 18.0 Å². The number of carbonyl (C=O) groups excluding carboxylic acids is 5. The summed E-state index contributed by atoms with van der Waals surface area (Å²) in [5.74, 6) is -4.04. The maximum atomic E-state index is 13.4. The van der Waals surface area contributed by atoms with Crippen LogP contribution < -0.4 is 21.3 Å². The highest BCUT2D eigenvalue weighted by Gasteiger charge is 2.33. The monoisotopic (exact) mass is 566 g/mol. The Bertz CT molecular complexity index is 1210. The molecule has 0 radical (unpaired) electrons. The minimum absolute atomic E-state index is 0.0491. The summed E-state index contributed by atoms with van der Waals surface area (Å²) in [6.45, 7) is 4.89. The van der Waals surface area contributed by atoms with Gasteiger partial charge in [-0.25, -0.2) is 4.39 Å². The molecule has 0 bridgehead atoms. The average Bonchev–Trinajstić information content (AvgIpc) is 2.96. The molecule has 0 unspecified atom stereocenters. The quantitative estimate of drug-likeness (QED) is 0.293. The molecule has 4 amide bonds. The van der Waals surface area contributed by atoms with Crippen LogP contribution in [0.4, 0.5) is 4.39 Å². The van der Waals surface area contributed by atoms with Gasteiger partial charge in [-0.1, -0.05) is 63.4 Å². The predicted molar refractivity (Wildman–Crippen MR) is 152 cm³/mol. The smallest absolute Gasteiger partial charge is 0.289 e. The van der Waals surface area contributed by atoms with Crippen molar-refractivity contribution in [2.24, 2.45) is 5.92 Å². The van der Waals surface area contributed by atoms with Gasteiger partial charge in [0.15, 0.2) is 0 Å². The first-order valence-electron chi connectivity index (χ1n) is 14.1. The van der Waals surface area contributed by atoms with Crippen molar-refractivity contribution in [3.05, 3.63) is 71.5 Å². The Kier molecular flexibility index (Phi) is 11.6. The van der Waals surface area contributed by atoms with Crippen molar-refractivity contribution in [3.63, 3.8) is 0 Å². The maximum absolute atomic E-state index is 13.4. The SMILES string of the molecule is CC(C)[C@H](NC(=O)[C@H](C)NC(=O)[C@@H](Cc1ccc(F)cc1)NC(=O)c1ccccc1)C(=O)C(=O)NC1CCCCC1. The Labute approximate surface area is 240 Å². The number of Topliss-reactive ketones (excluding diaryl/α,β-unsaturated/α-hetero) is 1. The Morgan fingerprint density at radius 2 is 1.44 bits per heavy atom. The molecule has 1 fully saturated rings. The van der Waals surface area contributed by atoms with Crippen LogP contribution in [0.1, 0.15) is 68.8 Å². The van der Waals surface area contributed by atoms with Crippen LogP contribution in [0.3, 0.4) is 0 Å². The van der Waals surface area contributed by atoms with Crippen molar-refractivity contribution in [1.29, 1.82) is 0 Å². The summed E-state index contributed by atoms with van der Waals surface area (Å²) >= 11 is 0. The second kappa shape index (κ2) is 15.1. The van der Waals surface area contributed by atoms with Gasteiger partial charge in [-0.05, 0) is 55.5 Å². The largest absolute Gasteiger partial charge is 0.347 e. The Balaban J connectivity index is 1.66. The summed E-state index contributed by atoms with van der Waals surface area (Å²) in [6, 6.07) is 10.6. The molecule has 0 aromatic heterocycles. The molecule has 3 atom stereocenters. The molecule has 1 aliphatic carbocycles. The number of benzene rings is 2. The van der Waals surface area contributed by atoms with E-state index in [9.17, 15) is 28.4 Å². The summed E-state index contributed by atoms with van der Waals surface area (Å²) in [4.78, 5) is 64.7. The van der Waals surface area contributed by atoms with Gasteiger partial charge in [0.05, 0.1) is 6.04 Å². The van der Waals surface area contributed by atoms with Crippen LogP contribution in [0.2, 0.25) is 0 Å². The van der Waals surface area contributed by atoms with Gasteiger partial charge in [0.2, 0.25) is 17.6 Å². The molecule has 4 N–H and O–H groups in total. The number of carbonyl (C=O) groups is 5. The van der Waals surface area contributed by atoms with E-state index in [0.717, 1.165) is 32.1 Å². The molecule has 41 heavy (non-hydrogen) atoms. The highest BCUT2D eigenvalue weighted by atomic mass is 19.1. The molecule has 0 heterocycles. The number of hydrogen-bond donors (Lipinski definition) is 4. The Morgan fingerprint density at radius 3 is 2.05 bits per heavy atom. The Hall–Kier alpha value is -4.08. The molecule has 2 aromatic carbocycles. The topological polar surface area (TPSA) is 133 Å². The summed E-state index contributed by atoms with van der Waals surface area (Å²) in [6.07, 6.45) is 4.79. The normalized spacial score (nSPS) is 15.7. The molecule has 0 spiro atoms. The second-order valence-corrected chi connectivity index (χ2v) is 10.9. The average molecular weight is 567 g/mol. The highest BCUT2D eigenvalue weighted by molar-refractivity contribution is 6.38. The van der Waals surface area contributed by atoms with Gasteiger partial charge in [-0.2, -0.15) is 0 Å². The fraction of sp³-hybridized carbons (Fsp3) is 0.452. The van der Waals surface area contributed by atoms with Gasteiger partial charge in [-0.15, -0.1) is 0 Å². The summed E-state index contributed by atoms with van der Waals surface area (Å²) in [5.41, 5.74) is 0.950. The first kappa shape index (κ1) is 31.4. The molecular weight excluding hydrogens is 527 g/mol. The first-order valence-corrected chi connectivity index (χ1v) is 14.1. The third-order valence-electron chi connectivity index (χ3n) is 7.17. The zero-order valence-electron chi connectivity index (χ0n) is 23.7. The zero-order valence-corrected chi connectivity index (χ0v) is 23.7. The lowest BCUT2D eigenvalue weighted by Gasteiger charge is -2.26. The number of rotatable bonds is 12. The van der Waals surface area contributed by atoms with E-state index in [4.69, 9.17) is 0 Å². The van der Waals surface area contributed by atoms with Crippen molar-refractivity contribution in [3.8, 4) is 0 Å². The fourth-order valence-electron chi connectivity index (χ4n) is 4.73. The van der Waals surface area contributed by atoms with Crippen LogP contribution in [0.25, 0.3) is 0 Å². The van der Waals surface area contributed by atoms with E-state index >= 15 is 0 Å². The van der Waals surface area contributed by atoms with Crippen LogP contribution >= 0.6 is 0 Å². The minimum Gasteiger partial charge on any atom is -0.347 e. The number of hydrogen-bond acceptors (Lipinski definition) is 5. The molecule has 2 aromatic rings. The van der Waals surface area contributed by atoms with E-state index in [2.05, 4.69) is 21.3 Å². The summed E-state index contributed by atoms with van der Waals surface area (Å²) in [7, 11) is 0. The highest BCUT2D eigenvalue weighted by Crippen LogP contribution is 2.17. The zero-order chi connectivity index (χ0) is 29.9. The number of halogens is 1. The lowest BCUT2D eigenvalue weighted by atomic mass is 9.94. The molecule has 0 aliphatic heterocycles. The van der Waals surface area contributed by atoms with Crippen molar-refractivity contribution in [1.82, 2.24) is 21.3 Å². The van der Waals surface area contributed by atoms with Crippen LogP contribution in [0, 0.1) is 11.7 Å². The molecular formula is C31H39FN4O5. The van der Waals surface area contributed by atoms with Crippen LogP contribution in [0.5, 0.6) is 0 Å². The van der Waals surface area contributed by atoms with Crippen LogP contribution in [-0.4, -0.2) is 53.6 Å². The summed E-state index contributed by atoms with van der Waals surface area (Å²) in [5, 5.41) is 10.7. The number of amides is 4. The van der Waals surface area contributed by atoms with Crippen molar-refractivity contribution in [2.75, 3.05) is 0 Å². The summed E-state index contributed by atoms with van der Waals surface area (Å²) < 4.78 is 13.4. The van der Waals surface area contributed by atoms with Crippen molar-refractivity contribution < 1.29 is 28.4 Å². The fourth-order valence-corrected chi connectivity index (χ4v) is 4.73. The van der Waals surface area contributed by atoms with E-state index in [-0.39, 0.29) is 18.4 Å². The predicted octanol–water partition coefficient (Wildman–Crippen LogP) is 2.83. The standard InChI is InChI=1S/C31H39FN4O5/c1-19(2)26(27(37)31(41)34-24-12-8-5-9-13-24)36-28(38)20(3)33-30(40)25(18-21-14-16-23(32)17-15-21)35-29(39)22-10-6-4-7-11-22/h4,6-7,10-11,14-17,19-20,24-26H,5,8-9,12-13,18H2,1-3H3,(H,33,40)(H,34,41)(H,35,39)(H,36,38)/t20-,25+,26-/m0/s1. The molecule has 0 saturated heterocycles. The lowest BCUT2D eigenvalue weighted by Crippen LogP contribution is -2.57. The third kappa shape index (κ3) is 9.51. The van der Waals surface area contributed by atoms with E-state index < -0.39 is 53.4 Å². The van der Waals surface area contributed by atoms with E-state index in [0.29, 0.717) is 11.1 Å². The molecule has 3 rings (SSSR count). The Morgan fingerprint density at radius 1 is 0.805 bits per heavy atom. The second-order valence-electron chi connectivity index (χ2n) is 10.9. The van der Waals surface area contributed by atoms with Gasteiger partial charge in [0.25, 0.3) is 11.8 Å². The lowest BCUT2D eigenvalue weighted by molar-refractivity contribution is -0.141. The molecule has 1 saturated carbocycles.